The van der Waals surface area contributed by atoms with Gasteiger partial charge in [0.2, 0.25) is 0 Å². The van der Waals surface area contributed by atoms with Crippen LogP contribution in [-0.2, 0) is 14.3 Å². The van der Waals surface area contributed by atoms with Crippen molar-refractivity contribution in [1.82, 2.24) is 0 Å². The Morgan fingerprint density at radius 2 is 1.86 bits per heavy atom. The molecule has 0 N–H and O–H groups in total. The first-order valence-electron chi connectivity index (χ1n) is 4.39. The molecule has 0 aromatic carbocycles. The van der Waals surface area contributed by atoms with E-state index in [-0.39, 0.29) is 24.2 Å². The number of halogens is 1. The number of hydrogen-bond acceptors (Lipinski definition) is 4. The topological polar surface area (TPSA) is 52.6 Å². The van der Waals surface area contributed by atoms with Crippen LogP contribution in [0.2, 0.25) is 0 Å². The Morgan fingerprint density at radius 1 is 1.29 bits per heavy atom. The van der Waals surface area contributed by atoms with Gasteiger partial charge < -0.3 is 9.47 Å². The maximum atomic E-state index is 10.9. The van der Waals surface area contributed by atoms with Crippen LogP contribution in [0.5, 0.6) is 0 Å². The molecule has 0 aromatic heterocycles. The van der Waals surface area contributed by atoms with Gasteiger partial charge in [0, 0.05) is 0 Å². The second kappa shape index (κ2) is 6.65. The molecule has 0 aliphatic heterocycles. The molecule has 0 saturated carbocycles. The van der Waals surface area contributed by atoms with E-state index in [0.29, 0.717) is 0 Å². The van der Waals surface area contributed by atoms with E-state index in [1.165, 1.54) is 6.92 Å². The molecule has 0 spiro atoms. The van der Waals surface area contributed by atoms with Crippen molar-refractivity contribution in [1.29, 1.82) is 0 Å². The number of alkyl halides is 1. The van der Waals surface area contributed by atoms with Gasteiger partial charge in [0.15, 0.2) is 11.9 Å². The van der Waals surface area contributed by atoms with Gasteiger partial charge in [-0.25, -0.2) is 4.79 Å². The van der Waals surface area contributed by atoms with E-state index in [4.69, 9.17) is 16.3 Å². The minimum atomic E-state index is -0.841. The van der Waals surface area contributed by atoms with Crippen molar-refractivity contribution in [3.63, 3.8) is 0 Å². The molecule has 0 radical (unpaired) electrons. The molecule has 0 fully saturated rings. The predicted molar refractivity (Wildman–Crippen MR) is 52.5 cm³/mol. The van der Waals surface area contributed by atoms with E-state index in [1.54, 1.807) is 0 Å². The second-order valence-corrected chi connectivity index (χ2v) is 3.58. The third-order valence-electron chi connectivity index (χ3n) is 1.39. The van der Waals surface area contributed by atoms with Crippen LogP contribution in [0.15, 0.2) is 0 Å². The Bertz CT molecular complexity index is 203. The summed E-state index contributed by atoms with van der Waals surface area (Å²) in [7, 11) is 0. The third-order valence-corrected chi connectivity index (χ3v) is 1.66. The summed E-state index contributed by atoms with van der Waals surface area (Å²) in [5.41, 5.74) is 0. The van der Waals surface area contributed by atoms with Gasteiger partial charge in [-0.3, -0.25) is 4.79 Å². The number of carbonyl (C=O) groups excluding carboxylic acids is 2. The number of Topliss-reactive ketones (excluding diaryl/α,β-unsaturated/α-hetero) is 1. The van der Waals surface area contributed by atoms with Gasteiger partial charge in [-0.2, -0.15) is 0 Å². The van der Waals surface area contributed by atoms with Gasteiger partial charge in [-0.15, -0.1) is 11.6 Å². The average molecular weight is 223 g/mol. The molecular formula is C9H15ClO4. The normalized spacial score (nSPS) is 12.4. The molecule has 0 saturated heterocycles. The first-order chi connectivity index (χ1) is 6.47. The highest BCUT2D eigenvalue weighted by molar-refractivity contribution is 6.28. The zero-order chi connectivity index (χ0) is 11.1. The third kappa shape index (κ3) is 5.80. The highest BCUT2D eigenvalue weighted by Crippen LogP contribution is 2.00. The molecular weight excluding hydrogens is 208 g/mol. The molecule has 0 heterocycles. The summed E-state index contributed by atoms with van der Waals surface area (Å²) in [4.78, 5) is 21.9. The van der Waals surface area contributed by atoms with Crippen LogP contribution in [0, 0.1) is 5.92 Å². The van der Waals surface area contributed by atoms with E-state index >= 15 is 0 Å². The average Bonchev–Trinajstić information content (AvgIpc) is 2.13. The fourth-order valence-corrected chi connectivity index (χ4v) is 0.805. The highest BCUT2D eigenvalue weighted by Gasteiger charge is 2.17. The molecule has 5 heteroatoms. The molecule has 1 atom stereocenters. The van der Waals surface area contributed by atoms with Crippen LogP contribution in [0.1, 0.15) is 20.8 Å². The summed E-state index contributed by atoms with van der Waals surface area (Å²) in [5, 5.41) is 0. The van der Waals surface area contributed by atoms with E-state index < -0.39 is 12.3 Å². The van der Waals surface area contributed by atoms with Crippen LogP contribution >= 0.6 is 11.6 Å². The summed E-state index contributed by atoms with van der Waals surface area (Å²) >= 11 is 5.28. The lowest BCUT2D eigenvalue weighted by Crippen LogP contribution is -2.26. The van der Waals surface area contributed by atoms with Crippen molar-refractivity contribution in [3.8, 4) is 0 Å². The molecule has 0 aliphatic carbocycles. The largest absolute Gasteiger partial charge is 0.508 e. The molecule has 1 unspecified atom stereocenters. The number of ketones is 1. The minimum Gasteiger partial charge on any atom is -0.434 e. The lowest BCUT2D eigenvalue weighted by atomic mass is 10.2. The lowest BCUT2D eigenvalue weighted by Gasteiger charge is -2.11. The van der Waals surface area contributed by atoms with Crippen LogP contribution < -0.4 is 0 Å². The summed E-state index contributed by atoms with van der Waals surface area (Å²) in [6, 6.07) is 0. The first-order valence-corrected chi connectivity index (χ1v) is 4.93. The van der Waals surface area contributed by atoms with Crippen molar-refractivity contribution >= 4 is 23.5 Å². The summed E-state index contributed by atoms with van der Waals surface area (Å²) in [6.07, 6.45) is -1.67. The zero-order valence-electron chi connectivity index (χ0n) is 8.58. The monoisotopic (exact) mass is 222 g/mol. The Labute approximate surface area is 88.5 Å². The smallest absolute Gasteiger partial charge is 0.434 e. The van der Waals surface area contributed by atoms with Gasteiger partial charge in [0.1, 0.15) is 0 Å². The second-order valence-electron chi connectivity index (χ2n) is 3.31. The van der Waals surface area contributed by atoms with E-state index in [2.05, 4.69) is 4.74 Å². The highest BCUT2D eigenvalue weighted by atomic mass is 35.5. The van der Waals surface area contributed by atoms with Gasteiger partial charge in [0.25, 0.3) is 0 Å². The molecule has 0 aromatic rings. The van der Waals surface area contributed by atoms with Crippen molar-refractivity contribution in [2.24, 2.45) is 5.92 Å². The predicted octanol–water partition coefficient (Wildman–Crippen LogP) is 1.99. The van der Waals surface area contributed by atoms with Gasteiger partial charge in [-0.1, -0.05) is 13.8 Å². The Kier molecular flexibility index (Phi) is 6.28. The summed E-state index contributed by atoms with van der Waals surface area (Å²) < 4.78 is 9.37. The van der Waals surface area contributed by atoms with Crippen LogP contribution in [0.4, 0.5) is 4.79 Å². The van der Waals surface area contributed by atoms with Gasteiger partial charge >= 0.3 is 6.16 Å². The lowest BCUT2D eigenvalue weighted by molar-refractivity contribution is -0.125. The van der Waals surface area contributed by atoms with Gasteiger partial charge in [-0.05, 0) is 12.8 Å². The quantitative estimate of drug-likeness (QED) is 0.527. The maximum Gasteiger partial charge on any atom is 0.508 e. The van der Waals surface area contributed by atoms with Crippen LogP contribution in [0.3, 0.4) is 0 Å². The molecule has 0 aliphatic rings. The molecule has 82 valence electrons. The minimum absolute atomic E-state index is 0.168. The van der Waals surface area contributed by atoms with E-state index in [0.717, 1.165) is 0 Å². The SMILES string of the molecule is CC(C)COC(=O)OC(C)C(=O)CCl. The molecule has 4 nitrogen and oxygen atoms in total. The Hall–Kier alpha value is -0.770. The number of hydrogen-bond donors (Lipinski definition) is 0. The van der Waals surface area contributed by atoms with Crippen molar-refractivity contribution in [3.05, 3.63) is 0 Å². The van der Waals surface area contributed by atoms with E-state index in [9.17, 15) is 9.59 Å². The number of carbonyl (C=O) groups is 2. The molecule has 0 rings (SSSR count). The molecule has 0 bridgehead atoms. The van der Waals surface area contributed by atoms with Crippen LogP contribution in [-0.4, -0.2) is 30.5 Å². The fourth-order valence-electron chi connectivity index (χ4n) is 0.587. The number of rotatable bonds is 5. The number of ether oxygens (including phenoxy) is 2. The first kappa shape index (κ1) is 13.2. The molecule has 0 amide bonds. The zero-order valence-corrected chi connectivity index (χ0v) is 9.34. The van der Waals surface area contributed by atoms with Gasteiger partial charge in [0.05, 0.1) is 12.5 Å². The van der Waals surface area contributed by atoms with Crippen LogP contribution in [0.25, 0.3) is 0 Å². The van der Waals surface area contributed by atoms with Crippen molar-refractivity contribution in [2.45, 2.75) is 26.9 Å². The summed E-state index contributed by atoms with van der Waals surface area (Å²) in [6.45, 7) is 5.54. The molecule has 14 heavy (non-hydrogen) atoms. The summed E-state index contributed by atoms with van der Waals surface area (Å²) in [5.74, 6) is -0.270. The van der Waals surface area contributed by atoms with E-state index in [1.807, 2.05) is 13.8 Å². The Balaban J connectivity index is 3.77. The standard InChI is InChI=1S/C9H15ClO4/c1-6(2)5-13-9(12)14-7(3)8(11)4-10/h6-7H,4-5H2,1-3H3. The van der Waals surface area contributed by atoms with Crippen molar-refractivity contribution in [2.75, 3.05) is 12.5 Å². The Morgan fingerprint density at radius 3 is 2.29 bits per heavy atom. The fraction of sp³-hybridized carbons (Fsp3) is 0.778. The van der Waals surface area contributed by atoms with Crippen molar-refractivity contribution < 1.29 is 19.1 Å². The maximum absolute atomic E-state index is 10.9.